The van der Waals surface area contributed by atoms with Crippen molar-refractivity contribution in [2.45, 2.75) is 160 Å². The van der Waals surface area contributed by atoms with Crippen molar-refractivity contribution in [2.24, 2.45) is 5.92 Å². The van der Waals surface area contributed by atoms with Crippen LogP contribution in [-0.4, -0.2) is 106 Å². The summed E-state index contributed by atoms with van der Waals surface area (Å²) in [4.78, 5) is 35.2. The van der Waals surface area contributed by atoms with E-state index < -0.39 is 68.3 Å². The predicted octanol–water partition coefficient (Wildman–Crippen LogP) is 2.86. The second-order valence-electron chi connectivity index (χ2n) is 12.2. The number of carbonyl (C=O) groups excluding carboxylic acids is 3. The fourth-order valence-corrected chi connectivity index (χ4v) is 5.20. The van der Waals surface area contributed by atoms with E-state index in [4.69, 9.17) is 18.9 Å². The summed E-state index contributed by atoms with van der Waals surface area (Å²) >= 11 is 0. The van der Waals surface area contributed by atoms with E-state index in [9.17, 15) is 39.9 Å². The minimum Gasteiger partial charge on any atom is -0.428 e. The molecule has 6 N–H and O–H groups in total. The van der Waals surface area contributed by atoms with Gasteiger partial charge in [0.2, 0.25) is 6.79 Å². The molecule has 264 valence electrons. The van der Waals surface area contributed by atoms with Crippen LogP contribution in [0.1, 0.15) is 117 Å². The fraction of sp³-hybridized carbons (Fsp3) is 0.906. The number of carbonyl (C=O) groups is 3. The van der Waals surface area contributed by atoms with Crippen molar-refractivity contribution in [1.29, 1.82) is 0 Å². The summed E-state index contributed by atoms with van der Waals surface area (Å²) in [6, 6.07) is -1.05. The zero-order chi connectivity index (χ0) is 33.6. The SMILES string of the molecule is CCCCCCCCCCCCCC[C@@H](C)[C@@H](O)[C@H](CO[C@H]1OC(CO)[C@H](O)[C@H](O)C1O)NC(=O)OCOC(=O)CCC(C)=O. The number of rotatable bonds is 25. The van der Waals surface area contributed by atoms with E-state index >= 15 is 0 Å². The Hall–Kier alpha value is -1.87. The van der Waals surface area contributed by atoms with Gasteiger partial charge >= 0.3 is 12.1 Å². The molecule has 1 amide bonds. The van der Waals surface area contributed by atoms with E-state index in [1.54, 1.807) is 0 Å². The van der Waals surface area contributed by atoms with Crippen LogP contribution < -0.4 is 5.32 Å². The van der Waals surface area contributed by atoms with E-state index in [2.05, 4.69) is 12.2 Å². The largest absolute Gasteiger partial charge is 0.428 e. The summed E-state index contributed by atoms with van der Waals surface area (Å²) in [5.41, 5.74) is 0. The molecule has 1 aliphatic rings. The maximum Gasteiger partial charge on any atom is 0.410 e. The van der Waals surface area contributed by atoms with Crippen molar-refractivity contribution in [2.75, 3.05) is 20.0 Å². The first-order chi connectivity index (χ1) is 21.5. The molecule has 45 heavy (non-hydrogen) atoms. The number of aliphatic hydroxyl groups excluding tert-OH is 5. The van der Waals surface area contributed by atoms with Gasteiger partial charge in [0, 0.05) is 6.42 Å². The summed E-state index contributed by atoms with van der Waals surface area (Å²) in [5.74, 6) is -1.16. The van der Waals surface area contributed by atoms with Crippen molar-refractivity contribution in [1.82, 2.24) is 5.32 Å². The molecule has 1 aliphatic heterocycles. The van der Waals surface area contributed by atoms with Crippen molar-refractivity contribution >= 4 is 17.8 Å². The van der Waals surface area contributed by atoms with Crippen molar-refractivity contribution in [3.8, 4) is 0 Å². The number of alkyl carbamates (subject to hydrolysis) is 1. The Kier molecular flexibility index (Phi) is 22.2. The van der Waals surface area contributed by atoms with Gasteiger partial charge in [0.05, 0.1) is 31.8 Å². The topological polar surface area (TPSA) is 201 Å². The van der Waals surface area contributed by atoms with E-state index in [1.807, 2.05) is 6.92 Å². The van der Waals surface area contributed by atoms with Gasteiger partial charge in [-0.25, -0.2) is 4.79 Å². The lowest BCUT2D eigenvalue weighted by Crippen LogP contribution is -2.60. The van der Waals surface area contributed by atoms with Gasteiger partial charge in [-0.2, -0.15) is 0 Å². The van der Waals surface area contributed by atoms with Crippen LogP contribution in [0.3, 0.4) is 0 Å². The second kappa shape index (κ2) is 24.3. The number of hydrogen-bond acceptors (Lipinski definition) is 12. The first-order valence-electron chi connectivity index (χ1n) is 16.7. The number of amides is 1. The molecule has 13 nitrogen and oxygen atoms in total. The van der Waals surface area contributed by atoms with E-state index in [-0.39, 0.29) is 31.1 Å². The highest BCUT2D eigenvalue weighted by Crippen LogP contribution is 2.23. The summed E-state index contributed by atoms with van der Waals surface area (Å²) in [6.45, 7) is 3.69. The average Bonchev–Trinajstić information content (AvgIpc) is 3.01. The first-order valence-corrected chi connectivity index (χ1v) is 16.7. The van der Waals surface area contributed by atoms with Gasteiger partial charge in [0.15, 0.2) is 6.29 Å². The van der Waals surface area contributed by atoms with Crippen molar-refractivity contribution < 1.29 is 58.9 Å². The van der Waals surface area contributed by atoms with Crippen LogP contribution in [0.15, 0.2) is 0 Å². The Balaban J connectivity index is 2.59. The molecule has 8 atom stereocenters. The smallest absolute Gasteiger partial charge is 0.410 e. The van der Waals surface area contributed by atoms with Crippen LogP contribution in [0, 0.1) is 5.92 Å². The Morgan fingerprint density at radius 1 is 0.822 bits per heavy atom. The van der Waals surface area contributed by atoms with Crippen molar-refractivity contribution in [3.63, 3.8) is 0 Å². The lowest BCUT2D eigenvalue weighted by Gasteiger charge is -2.40. The molecular formula is C32H59NO12. The number of ether oxygens (including phenoxy) is 4. The van der Waals surface area contributed by atoms with Crippen LogP contribution >= 0.6 is 0 Å². The Bertz CT molecular complexity index is 813. The zero-order valence-corrected chi connectivity index (χ0v) is 27.4. The molecule has 1 rings (SSSR count). The summed E-state index contributed by atoms with van der Waals surface area (Å²) in [6.07, 6.45) is 5.43. The van der Waals surface area contributed by atoms with E-state index in [1.165, 1.54) is 64.7 Å². The number of nitrogens with one attached hydrogen (secondary N) is 1. The molecule has 0 aromatic heterocycles. The predicted molar refractivity (Wildman–Crippen MR) is 165 cm³/mol. The lowest BCUT2D eigenvalue weighted by atomic mass is 9.92. The van der Waals surface area contributed by atoms with Gasteiger partial charge in [-0.15, -0.1) is 0 Å². The van der Waals surface area contributed by atoms with Gasteiger partial charge in [0.1, 0.15) is 30.2 Å². The van der Waals surface area contributed by atoms with Crippen LogP contribution in [0.4, 0.5) is 4.79 Å². The maximum atomic E-state index is 12.5. The third-order valence-corrected chi connectivity index (χ3v) is 8.19. The molecule has 0 aliphatic carbocycles. The fourth-order valence-electron chi connectivity index (χ4n) is 5.20. The Labute approximate surface area is 268 Å². The van der Waals surface area contributed by atoms with Crippen LogP contribution in [0.25, 0.3) is 0 Å². The maximum absolute atomic E-state index is 12.5. The van der Waals surface area contributed by atoms with Crippen LogP contribution in [-0.2, 0) is 28.5 Å². The molecule has 2 unspecified atom stereocenters. The highest BCUT2D eigenvalue weighted by Gasteiger charge is 2.44. The van der Waals surface area contributed by atoms with E-state index in [0.29, 0.717) is 6.42 Å². The monoisotopic (exact) mass is 649 g/mol. The number of aliphatic hydroxyl groups is 5. The third kappa shape index (κ3) is 17.6. The highest BCUT2D eigenvalue weighted by atomic mass is 16.7. The van der Waals surface area contributed by atoms with Crippen LogP contribution in [0.5, 0.6) is 0 Å². The molecule has 0 saturated carbocycles. The lowest BCUT2D eigenvalue weighted by molar-refractivity contribution is -0.303. The molecule has 0 aromatic carbocycles. The minimum atomic E-state index is -1.65. The molecule has 0 aromatic rings. The van der Waals surface area contributed by atoms with Crippen molar-refractivity contribution in [3.05, 3.63) is 0 Å². The number of ketones is 1. The van der Waals surface area contributed by atoms with Crippen LogP contribution in [0.2, 0.25) is 0 Å². The number of Topliss-reactive ketones (excluding diaryl/α,β-unsaturated/α-hetero) is 1. The second-order valence-corrected chi connectivity index (χ2v) is 12.2. The van der Waals surface area contributed by atoms with Gasteiger partial charge < -0.3 is 54.6 Å². The van der Waals surface area contributed by atoms with Gasteiger partial charge in [-0.05, 0) is 19.3 Å². The zero-order valence-electron chi connectivity index (χ0n) is 27.4. The molecular weight excluding hydrogens is 590 g/mol. The highest BCUT2D eigenvalue weighted by molar-refractivity contribution is 5.81. The molecule has 1 heterocycles. The molecule has 13 heteroatoms. The first kappa shape index (κ1) is 41.2. The Morgan fingerprint density at radius 2 is 1.40 bits per heavy atom. The summed E-state index contributed by atoms with van der Waals surface area (Å²) in [7, 11) is 0. The third-order valence-electron chi connectivity index (χ3n) is 8.19. The molecule has 0 spiro atoms. The number of esters is 1. The quantitative estimate of drug-likeness (QED) is 0.0481. The minimum absolute atomic E-state index is 0.00562. The normalized spacial score (nSPS) is 23.6. The number of unbranched alkanes of at least 4 members (excludes halogenated alkanes) is 11. The van der Waals surface area contributed by atoms with Gasteiger partial charge in [0.25, 0.3) is 0 Å². The van der Waals surface area contributed by atoms with E-state index in [0.717, 1.165) is 19.3 Å². The molecule has 0 bridgehead atoms. The standard InChI is InChI=1S/C32H59NO12/c1-4-5-6-7-8-9-10-11-12-13-14-15-16-22(2)27(37)24(33-32(41)44-21-43-26(36)18-17-23(3)35)20-42-31-30(40)29(39)28(38)25(19-34)45-31/h22,24-25,27-31,34,37-40H,4-21H2,1-3H3,(H,33,41)/t22-,24+,25?,27-,28+,29+,30?,31+/m1/s1. The molecule has 1 fully saturated rings. The molecule has 1 saturated heterocycles. The number of hydrogen-bond donors (Lipinski definition) is 6. The summed E-state index contributed by atoms with van der Waals surface area (Å²) < 4.78 is 20.7. The Morgan fingerprint density at radius 3 is 1.96 bits per heavy atom. The molecule has 0 radical (unpaired) electrons. The van der Waals surface area contributed by atoms with Gasteiger partial charge in [-0.3, -0.25) is 4.79 Å². The van der Waals surface area contributed by atoms with Gasteiger partial charge in [-0.1, -0.05) is 90.9 Å². The average molecular weight is 650 g/mol. The summed E-state index contributed by atoms with van der Waals surface area (Å²) in [5, 5.41) is 53.4.